The van der Waals surface area contributed by atoms with Crippen molar-refractivity contribution in [1.82, 2.24) is 5.32 Å². The third-order valence-corrected chi connectivity index (χ3v) is 3.72. The predicted molar refractivity (Wildman–Crippen MR) is 85.5 cm³/mol. The number of benzene rings is 2. The highest BCUT2D eigenvalue weighted by molar-refractivity contribution is 6.35. The average Bonchev–Trinajstić information content (AvgIpc) is 2.48. The van der Waals surface area contributed by atoms with Crippen LogP contribution >= 0.6 is 23.2 Å². The van der Waals surface area contributed by atoms with E-state index in [0.29, 0.717) is 15.6 Å². The van der Waals surface area contributed by atoms with Crippen LogP contribution in [0.2, 0.25) is 10.0 Å². The van der Waals surface area contributed by atoms with Crippen LogP contribution in [0.5, 0.6) is 0 Å². The summed E-state index contributed by atoms with van der Waals surface area (Å²) in [6.07, 6.45) is -0.0214. The lowest BCUT2D eigenvalue weighted by atomic mass is 10.1. The molecule has 23 heavy (non-hydrogen) atoms. The molecule has 0 spiro atoms. The first-order valence-electron chi connectivity index (χ1n) is 6.60. The second-order valence-corrected chi connectivity index (χ2v) is 5.66. The molecule has 0 aliphatic carbocycles. The second-order valence-electron chi connectivity index (χ2n) is 4.81. The third kappa shape index (κ3) is 4.68. The van der Waals surface area contributed by atoms with Crippen molar-refractivity contribution in [2.75, 3.05) is 0 Å². The maximum Gasteiger partial charge on any atom is 0.326 e. The van der Waals surface area contributed by atoms with E-state index in [1.54, 1.807) is 12.1 Å². The van der Waals surface area contributed by atoms with Crippen molar-refractivity contribution < 1.29 is 19.1 Å². The number of rotatable bonds is 5. The number of halogens is 3. The van der Waals surface area contributed by atoms with Crippen LogP contribution in [-0.4, -0.2) is 23.0 Å². The van der Waals surface area contributed by atoms with Crippen molar-refractivity contribution in [3.63, 3.8) is 0 Å². The van der Waals surface area contributed by atoms with E-state index in [1.165, 1.54) is 24.3 Å². The van der Waals surface area contributed by atoms with Crippen LogP contribution in [0, 0.1) is 5.82 Å². The Morgan fingerprint density at radius 2 is 1.91 bits per heavy atom. The summed E-state index contributed by atoms with van der Waals surface area (Å²) in [5.41, 5.74) is 0.571. The SMILES string of the molecule is O=C(N[C@@H](Cc1ccc(Cl)cc1Cl)C(=O)O)c1cccc(F)c1. The van der Waals surface area contributed by atoms with Crippen LogP contribution in [0.25, 0.3) is 0 Å². The Balaban J connectivity index is 2.16. The summed E-state index contributed by atoms with van der Waals surface area (Å²) in [7, 11) is 0. The fraction of sp³-hybridized carbons (Fsp3) is 0.125. The van der Waals surface area contributed by atoms with Crippen LogP contribution < -0.4 is 5.32 Å². The molecule has 2 N–H and O–H groups in total. The van der Waals surface area contributed by atoms with Crippen LogP contribution in [0.15, 0.2) is 42.5 Å². The fourth-order valence-electron chi connectivity index (χ4n) is 1.98. The molecule has 120 valence electrons. The molecule has 0 aromatic heterocycles. The molecular weight excluding hydrogens is 344 g/mol. The van der Waals surface area contributed by atoms with Gasteiger partial charge in [0, 0.05) is 22.0 Å². The lowest BCUT2D eigenvalue weighted by Crippen LogP contribution is -2.42. The summed E-state index contributed by atoms with van der Waals surface area (Å²) < 4.78 is 13.1. The van der Waals surface area contributed by atoms with Gasteiger partial charge in [-0.05, 0) is 35.9 Å². The zero-order chi connectivity index (χ0) is 17.0. The molecule has 2 aromatic rings. The Labute approximate surface area is 141 Å². The molecular formula is C16H12Cl2FNO3. The Morgan fingerprint density at radius 1 is 1.17 bits per heavy atom. The van der Waals surface area contributed by atoms with Gasteiger partial charge >= 0.3 is 5.97 Å². The van der Waals surface area contributed by atoms with Crippen LogP contribution in [0.4, 0.5) is 4.39 Å². The number of amides is 1. The highest BCUT2D eigenvalue weighted by Gasteiger charge is 2.22. The summed E-state index contributed by atoms with van der Waals surface area (Å²) >= 11 is 11.8. The second kappa shape index (κ2) is 7.44. The molecule has 0 saturated heterocycles. The number of carboxylic acid groups (broad SMARTS) is 1. The van der Waals surface area contributed by atoms with Gasteiger partial charge in [0.25, 0.3) is 5.91 Å². The van der Waals surface area contributed by atoms with Crippen molar-refractivity contribution in [3.8, 4) is 0 Å². The van der Waals surface area contributed by atoms with E-state index in [-0.39, 0.29) is 12.0 Å². The van der Waals surface area contributed by atoms with Crippen molar-refractivity contribution >= 4 is 35.1 Å². The maximum absolute atomic E-state index is 13.1. The molecule has 0 saturated carbocycles. The molecule has 2 rings (SSSR count). The lowest BCUT2D eigenvalue weighted by molar-refractivity contribution is -0.139. The highest BCUT2D eigenvalue weighted by atomic mass is 35.5. The smallest absolute Gasteiger partial charge is 0.326 e. The van der Waals surface area contributed by atoms with E-state index in [4.69, 9.17) is 23.2 Å². The van der Waals surface area contributed by atoms with Gasteiger partial charge in [0.05, 0.1) is 0 Å². The summed E-state index contributed by atoms with van der Waals surface area (Å²) in [6.45, 7) is 0. The summed E-state index contributed by atoms with van der Waals surface area (Å²) in [5, 5.41) is 12.4. The molecule has 2 aromatic carbocycles. The van der Waals surface area contributed by atoms with Gasteiger partial charge in [-0.25, -0.2) is 9.18 Å². The van der Waals surface area contributed by atoms with Crippen LogP contribution in [0.3, 0.4) is 0 Å². The van der Waals surface area contributed by atoms with E-state index in [1.807, 2.05) is 0 Å². The number of carbonyl (C=O) groups is 2. The lowest BCUT2D eigenvalue weighted by Gasteiger charge is -2.15. The standard InChI is InChI=1S/C16H12Cl2FNO3/c17-11-5-4-9(13(18)8-11)7-14(16(22)23)20-15(21)10-2-1-3-12(19)6-10/h1-6,8,14H,7H2,(H,20,21)(H,22,23)/t14-/m0/s1. The van der Waals surface area contributed by atoms with Crippen LogP contribution in [0.1, 0.15) is 15.9 Å². The average molecular weight is 356 g/mol. The summed E-state index contributed by atoms with van der Waals surface area (Å²) in [4.78, 5) is 23.4. The van der Waals surface area contributed by atoms with Gasteiger partial charge in [-0.3, -0.25) is 4.79 Å². The molecule has 1 atom stereocenters. The monoisotopic (exact) mass is 355 g/mol. The van der Waals surface area contributed by atoms with Gasteiger partial charge in [0.1, 0.15) is 11.9 Å². The van der Waals surface area contributed by atoms with Crippen molar-refractivity contribution in [1.29, 1.82) is 0 Å². The molecule has 0 fully saturated rings. The summed E-state index contributed by atoms with van der Waals surface area (Å²) in [5.74, 6) is -2.48. The Hall–Kier alpha value is -2.11. The maximum atomic E-state index is 13.1. The van der Waals surface area contributed by atoms with Crippen molar-refractivity contribution in [3.05, 3.63) is 69.5 Å². The minimum Gasteiger partial charge on any atom is -0.480 e. The van der Waals surface area contributed by atoms with Gasteiger partial charge in [-0.15, -0.1) is 0 Å². The van der Waals surface area contributed by atoms with Gasteiger partial charge in [-0.1, -0.05) is 35.3 Å². The number of carboxylic acids is 1. The van der Waals surface area contributed by atoms with Gasteiger partial charge in [0.15, 0.2) is 0 Å². The largest absolute Gasteiger partial charge is 0.480 e. The molecule has 0 bridgehead atoms. The topological polar surface area (TPSA) is 66.4 Å². The van der Waals surface area contributed by atoms with Gasteiger partial charge in [-0.2, -0.15) is 0 Å². The molecule has 1 amide bonds. The zero-order valence-corrected chi connectivity index (χ0v) is 13.2. The molecule has 0 aliphatic rings. The number of hydrogen-bond donors (Lipinski definition) is 2. The van der Waals surface area contributed by atoms with E-state index in [9.17, 15) is 19.1 Å². The molecule has 0 heterocycles. The third-order valence-electron chi connectivity index (χ3n) is 3.13. The summed E-state index contributed by atoms with van der Waals surface area (Å²) in [6, 6.07) is 8.45. The van der Waals surface area contributed by atoms with Crippen LogP contribution in [-0.2, 0) is 11.2 Å². The molecule has 7 heteroatoms. The number of carbonyl (C=O) groups excluding carboxylic acids is 1. The quantitative estimate of drug-likeness (QED) is 0.861. The first kappa shape index (κ1) is 17.2. The molecule has 0 radical (unpaired) electrons. The predicted octanol–water partition coefficient (Wildman–Crippen LogP) is 3.56. The number of aliphatic carboxylic acids is 1. The van der Waals surface area contributed by atoms with E-state index in [2.05, 4.69) is 5.32 Å². The molecule has 4 nitrogen and oxygen atoms in total. The number of nitrogens with one attached hydrogen (secondary N) is 1. The highest BCUT2D eigenvalue weighted by Crippen LogP contribution is 2.22. The first-order valence-corrected chi connectivity index (χ1v) is 7.35. The Bertz CT molecular complexity index is 752. The Kier molecular flexibility index (Phi) is 5.58. The van der Waals surface area contributed by atoms with E-state index in [0.717, 1.165) is 6.07 Å². The molecule has 0 unspecified atom stereocenters. The van der Waals surface area contributed by atoms with E-state index < -0.39 is 23.7 Å². The minimum atomic E-state index is -1.22. The molecule has 0 aliphatic heterocycles. The van der Waals surface area contributed by atoms with Crippen molar-refractivity contribution in [2.45, 2.75) is 12.5 Å². The van der Waals surface area contributed by atoms with Crippen molar-refractivity contribution in [2.24, 2.45) is 0 Å². The number of hydrogen-bond acceptors (Lipinski definition) is 2. The van der Waals surface area contributed by atoms with E-state index >= 15 is 0 Å². The first-order chi connectivity index (χ1) is 10.9. The normalized spacial score (nSPS) is 11.8. The Morgan fingerprint density at radius 3 is 2.52 bits per heavy atom. The van der Waals surface area contributed by atoms with Gasteiger partial charge < -0.3 is 10.4 Å². The van der Waals surface area contributed by atoms with Gasteiger partial charge in [0.2, 0.25) is 0 Å². The fourth-order valence-corrected chi connectivity index (χ4v) is 2.46. The minimum absolute atomic E-state index is 0.0214. The zero-order valence-electron chi connectivity index (χ0n) is 11.7.